The molecule has 0 saturated heterocycles. The summed E-state index contributed by atoms with van der Waals surface area (Å²) in [7, 11) is 0. The maximum atomic E-state index is 11.6. The summed E-state index contributed by atoms with van der Waals surface area (Å²) in [4.78, 5) is 11.6. The molecule has 0 amide bonds. The van der Waals surface area contributed by atoms with Crippen LogP contribution in [0.1, 0.15) is 29.5 Å². The molecular weight excluding hydrogens is 224 g/mol. The third-order valence-electron chi connectivity index (χ3n) is 3.39. The lowest BCUT2D eigenvalue weighted by Gasteiger charge is -2.07. The third kappa shape index (κ3) is 1.80. The van der Waals surface area contributed by atoms with Crippen LogP contribution in [-0.4, -0.2) is 5.97 Å². The van der Waals surface area contributed by atoms with Crippen molar-refractivity contribution in [2.45, 2.75) is 19.3 Å². The number of fused-ring (bicyclic) bond motifs is 1. The van der Waals surface area contributed by atoms with Crippen LogP contribution in [0.2, 0.25) is 0 Å². The Morgan fingerprint density at radius 2 is 1.83 bits per heavy atom. The highest BCUT2D eigenvalue weighted by Crippen LogP contribution is 2.38. The highest BCUT2D eigenvalue weighted by molar-refractivity contribution is 5.86. The first kappa shape index (κ1) is 11.0. The highest BCUT2D eigenvalue weighted by atomic mass is 16.5. The molecule has 1 heterocycles. The summed E-state index contributed by atoms with van der Waals surface area (Å²) in [6.45, 7) is 1.89. The number of para-hydroxylation sites is 1. The fourth-order valence-electron chi connectivity index (χ4n) is 2.34. The quantitative estimate of drug-likeness (QED) is 0.592. The molecule has 0 aromatic heterocycles. The predicted octanol–water partition coefficient (Wildman–Crippen LogP) is 3.30. The monoisotopic (exact) mass is 238 g/mol. The molecule has 0 aliphatic carbocycles. The number of hydrogen-bond acceptors (Lipinski definition) is 2. The van der Waals surface area contributed by atoms with Crippen LogP contribution in [0, 0.1) is 0 Å². The molecule has 0 fully saturated rings. The van der Waals surface area contributed by atoms with Gasteiger partial charge in [-0.1, -0.05) is 48.5 Å². The second-order valence-electron chi connectivity index (χ2n) is 4.64. The lowest BCUT2D eigenvalue weighted by Crippen LogP contribution is -2.06. The van der Waals surface area contributed by atoms with Crippen LogP contribution in [-0.2, 0) is 11.2 Å². The van der Waals surface area contributed by atoms with Gasteiger partial charge in [0, 0.05) is 12.0 Å². The van der Waals surface area contributed by atoms with Crippen LogP contribution in [0.4, 0.5) is 0 Å². The second-order valence-corrected chi connectivity index (χ2v) is 4.64. The molecule has 2 aromatic rings. The molecule has 1 atom stereocenters. The maximum Gasteiger partial charge on any atom is 0.318 e. The second kappa shape index (κ2) is 4.30. The van der Waals surface area contributed by atoms with E-state index in [2.05, 4.69) is 12.1 Å². The summed E-state index contributed by atoms with van der Waals surface area (Å²) >= 11 is 0. The Morgan fingerprint density at radius 1 is 1.06 bits per heavy atom. The predicted molar refractivity (Wildman–Crippen MR) is 69.7 cm³/mol. The van der Waals surface area contributed by atoms with Gasteiger partial charge >= 0.3 is 5.97 Å². The van der Waals surface area contributed by atoms with Gasteiger partial charge in [-0.15, -0.1) is 0 Å². The Labute approximate surface area is 106 Å². The standard InChI is InChI=1S/C16H14O2/c1-11-14-9-5-8-13(15(14)18-16(11)17)10-12-6-3-2-4-7-12/h2-9,11H,10H2,1H3. The molecule has 2 nitrogen and oxygen atoms in total. The first-order valence-electron chi connectivity index (χ1n) is 6.13. The molecule has 0 N–H and O–H groups in total. The van der Waals surface area contributed by atoms with Crippen molar-refractivity contribution >= 4 is 5.97 Å². The Balaban J connectivity index is 1.98. The van der Waals surface area contributed by atoms with Crippen molar-refractivity contribution in [2.24, 2.45) is 0 Å². The zero-order valence-corrected chi connectivity index (χ0v) is 10.2. The van der Waals surface area contributed by atoms with Gasteiger partial charge in [-0.05, 0) is 18.1 Å². The molecular formula is C16H14O2. The SMILES string of the molecule is CC1C(=O)Oc2c(Cc3ccccc3)cccc21. The summed E-state index contributed by atoms with van der Waals surface area (Å²) < 4.78 is 5.38. The lowest BCUT2D eigenvalue weighted by atomic mass is 9.97. The molecule has 1 aliphatic rings. The van der Waals surface area contributed by atoms with Crippen molar-refractivity contribution in [3.8, 4) is 5.75 Å². The Hall–Kier alpha value is -2.09. The van der Waals surface area contributed by atoms with E-state index < -0.39 is 0 Å². The van der Waals surface area contributed by atoms with E-state index in [0.717, 1.165) is 23.3 Å². The Morgan fingerprint density at radius 3 is 2.61 bits per heavy atom. The third-order valence-corrected chi connectivity index (χ3v) is 3.39. The average molecular weight is 238 g/mol. The smallest absolute Gasteiger partial charge is 0.318 e. The van der Waals surface area contributed by atoms with Gasteiger partial charge in [0.05, 0.1) is 5.92 Å². The molecule has 0 spiro atoms. The number of carbonyl (C=O) groups is 1. The van der Waals surface area contributed by atoms with Crippen LogP contribution < -0.4 is 4.74 Å². The number of rotatable bonds is 2. The molecule has 90 valence electrons. The van der Waals surface area contributed by atoms with E-state index >= 15 is 0 Å². The number of ether oxygens (including phenoxy) is 1. The number of esters is 1. The van der Waals surface area contributed by atoms with Crippen molar-refractivity contribution in [3.63, 3.8) is 0 Å². The topological polar surface area (TPSA) is 26.3 Å². The normalized spacial score (nSPS) is 17.4. The number of hydrogen-bond donors (Lipinski definition) is 0. The average Bonchev–Trinajstić information content (AvgIpc) is 2.69. The summed E-state index contributed by atoms with van der Waals surface area (Å²) in [5, 5.41) is 0. The summed E-state index contributed by atoms with van der Waals surface area (Å²) in [5.74, 6) is 0.472. The van der Waals surface area contributed by atoms with Gasteiger partial charge in [-0.25, -0.2) is 0 Å². The van der Waals surface area contributed by atoms with Crippen LogP contribution in [0.25, 0.3) is 0 Å². The van der Waals surface area contributed by atoms with Crippen molar-refractivity contribution in [1.82, 2.24) is 0 Å². The van der Waals surface area contributed by atoms with E-state index in [1.165, 1.54) is 5.56 Å². The van der Waals surface area contributed by atoms with Crippen LogP contribution >= 0.6 is 0 Å². The fourth-order valence-corrected chi connectivity index (χ4v) is 2.34. The Kier molecular flexibility index (Phi) is 2.63. The molecule has 0 bridgehead atoms. The van der Waals surface area contributed by atoms with Gasteiger partial charge in [-0.2, -0.15) is 0 Å². The zero-order valence-electron chi connectivity index (χ0n) is 10.2. The van der Waals surface area contributed by atoms with Crippen LogP contribution in [0.3, 0.4) is 0 Å². The van der Waals surface area contributed by atoms with Gasteiger partial charge in [0.1, 0.15) is 5.75 Å². The molecule has 2 heteroatoms. The summed E-state index contributed by atoms with van der Waals surface area (Å²) in [6.07, 6.45) is 0.796. The first-order valence-corrected chi connectivity index (χ1v) is 6.13. The van der Waals surface area contributed by atoms with Gasteiger partial charge in [0.25, 0.3) is 0 Å². The van der Waals surface area contributed by atoms with E-state index in [4.69, 9.17) is 4.74 Å². The summed E-state index contributed by atoms with van der Waals surface area (Å²) in [6, 6.07) is 16.2. The van der Waals surface area contributed by atoms with Crippen molar-refractivity contribution in [3.05, 3.63) is 65.2 Å². The molecule has 3 rings (SSSR count). The van der Waals surface area contributed by atoms with E-state index in [0.29, 0.717) is 0 Å². The zero-order chi connectivity index (χ0) is 12.5. The molecule has 1 aliphatic heterocycles. The van der Waals surface area contributed by atoms with E-state index in [-0.39, 0.29) is 11.9 Å². The molecule has 18 heavy (non-hydrogen) atoms. The van der Waals surface area contributed by atoms with Crippen molar-refractivity contribution in [2.75, 3.05) is 0 Å². The first-order chi connectivity index (χ1) is 8.75. The van der Waals surface area contributed by atoms with Gasteiger partial charge in [-0.3, -0.25) is 4.79 Å². The van der Waals surface area contributed by atoms with E-state index in [1.807, 2.05) is 43.3 Å². The van der Waals surface area contributed by atoms with E-state index in [9.17, 15) is 4.79 Å². The van der Waals surface area contributed by atoms with Crippen molar-refractivity contribution < 1.29 is 9.53 Å². The number of benzene rings is 2. The van der Waals surface area contributed by atoms with E-state index in [1.54, 1.807) is 0 Å². The van der Waals surface area contributed by atoms with Gasteiger partial charge < -0.3 is 4.74 Å². The molecule has 2 aromatic carbocycles. The number of carbonyl (C=O) groups excluding carboxylic acids is 1. The molecule has 1 unspecified atom stereocenters. The minimum absolute atomic E-state index is 0.143. The highest BCUT2D eigenvalue weighted by Gasteiger charge is 2.30. The van der Waals surface area contributed by atoms with Gasteiger partial charge in [0.15, 0.2) is 0 Å². The lowest BCUT2D eigenvalue weighted by molar-refractivity contribution is -0.133. The largest absolute Gasteiger partial charge is 0.425 e. The van der Waals surface area contributed by atoms with Gasteiger partial charge in [0.2, 0.25) is 0 Å². The Bertz CT molecular complexity index is 587. The molecule has 0 radical (unpaired) electrons. The minimum Gasteiger partial charge on any atom is -0.425 e. The maximum absolute atomic E-state index is 11.6. The van der Waals surface area contributed by atoms with Crippen LogP contribution in [0.15, 0.2) is 48.5 Å². The minimum atomic E-state index is -0.148. The van der Waals surface area contributed by atoms with Crippen molar-refractivity contribution in [1.29, 1.82) is 0 Å². The fraction of sp³-hybridized carbons (Fsp3) is 0.188. The van der Waals surface area contributed by atoms with Crippen LogP contribution in [0.5, 0.6) is 5.75 Å². The summed E-state index contributed by atoms with van der Waals surface area (Å²) in [5.41, 5.74) is 3.31. The molecule has 0 saturated carbocycles.